The van der Waals surface area contributed by atoms with Crippen molar-refractivity contribution in [3.05, 3.63) is 0 Å². The van der Waals surface area contributed by atoms with Gasteiger partial charge in [-0.1, -0.05) is 6.92 Å². The quantitative estimate of drug-likeness (QED) is 0.446. The van der Waals surface area contributed by atoms with Crippen LogP contribution in [0, 0.1) is 5.92 Å². The predicted molar refractivity (Wildman–Crippen MR) is 75.5 cm³/mol. The molecule has 118 valence electrons. The van der Waals surface area contributed by atoms with Gasteiger partial charge in [-0.15, -0.1) is 0 Å². The fraction of sp³-hybridized carbons (Fsp3) is 0.733. The third-order valence-electron chi connectivity index (χ3n) is 3.37. The molecule has 1 rings (SSSR count). The SMILES string of the molecule is CC(=O)CCCOCCCC(=O)CN1C(=O)CC(C)C1=O. The first-order chi connectivity index (χ1) is 9.91. The molecule has 1 atom stereocenters. The lowest BCUT2D eigenvalue weighted by atomic mass is 10.1. The molecule has 0 saturated carbocycles. The maximum atomic E-state index is 11.7. The van der Waals surface area contributed by atoms with Crippen LogP contribution in [0.4, 0.5) is 0 Å². The van der Waals surface area contributed by atoms with E-state index in [9.17, 15) is 19.2 Å². The fourth-order valence-corrected chi connectivity index (χ4v) is 2.17. The number of imide groups is 1. The number of ether oxygens (including phenoxy) is 1. The Hall–Kier alpha value is -1.56. The van der Waals surface area contributed by atoms with E-state index in [-0.39, 0.29) is 48.7 Å². The van der Waals surface area contributed by atoms with Crippen molar-refractivity contribution in [1.29, 1.82) is 0 Å². The van der Waals surface area contributed by atoms with Gasteiger partial charge in [-0.2, -0.15) is 0 Å². The number of Topliss-reactive ketones (excluding diaryl/α,β-unsaturated/α-hetero) is 2. The zero-order valence-electron chi connectivity index (χ0n) is 12.7. The maximum absolute atomic E-state index is 11.7. The summed E-state index contributed by atoms with van der Waals surface area (Å²) in [5, 5.41) is 0. The van der Waals surface area contributed by atoms with E-state index in [2.05, 4.69) is 0 Å². The van der Waals surface area contributed by atoms with Gasteiger partial charge in [0.2, 0.25) is 11.8 Å². The summed E-state index contributed by atoms with van der Waals surface area (Å²) >= 11 is 0. The summed E-state index contributed by atoms with van der Waals surface area (Å²) in [6, 6.07) is 0. The molecular weight excluding hydrogens is 274 g/mol. The van der Waals surface area contributed by atoms with Gasteiger partial charge in [0.1, 0.15) is 5.78 Å². The number of ketones is 2. The van der Waals surface area contributed by atoms with Gasteiger partial charge in [0, 0.05) is 38.4 Å². The van der Waals surface area contributed by atoms with E-state index in [0.717, 1.165) is 4.90 Å². The molecule has 6 heteroatoms. The second kappa shape index (κ2) is 8.67. The van der Waals surface area contributed by atoms with E-state index in [1.54, 1.807) is 13.8 Å². The average Bonchev–Trinajstić information content (AvgIpc) is 2.64. The zero-order valence-corrected chi connectivity index (χ0v) is 12.7. The molecule has 1 saturated heterocycles. The molecule has 1 unspecified atom stereocenters. The van der Waals surface area contributed by atoms with Gasteiger partial charge < -0.3 is 9.53 Å². The monoisotopic (exact) mass is 297 g/mol. The van der Waals surface area contributed by atoms with Crippen LogP contribution in [0.5, 0.6) is 0 Å². The highest BCUT2D eigenvalue weighted by molar-refractivity contribution is 6.05. The first-order valence-corrected chi connectivity index (χ1v) is 7.35. The van der Waals surface area contributed by atoms with Crippen LogP contribution < -0.4 is 0 Å². The number of likely N-dealkylation sites (tertiary alicyclic amines) is 1. The van der Waals surface area contributed by atoms with Gasteiger partial charge >= 0.3 is 0 Å². The highest BCUT2D eigenvalue weighted by Crippen LogP contribution is 2.18. The summed E-state index contributed by atoms with van der Waals surface area (Å²) < 4.78 is 5.31. The Kier molecular flexibility index (Phi) is 7.22. The molecular formula is C15H23NO5. The number of hydrogen-bond acceptors (Lipinski definition) is 5. The number of amides is 2. The topological polar surface area (TPSA) is 80.8 Å². The molecule has 1 aliphatic heterocycles. The Morgan fingerprint density at radius 3 is 2.33 bits per heavy atom. The van der Waals surface area contributed by atoms with Crippen LogP contribution in [0.3, 0.4) is 0 Å². The molecule has 1 heterocycles. The van der Waals surface area contributed by atoms with Crippen LogP contribution in [0.1, 0.15) is 46.0 Å². The minimum absolute atomic E-state index is 0.119. The summed E-state index contributed by atoms with van der Waals surface area (Å²) in [5.41, 5.74) is 0. The number of rotatable bonds is 10. The lowest BCUT2D eigenvalue weighted by Crippen LogP contribution is -2.35. The largest absolute Gasteiger partial charge is 0.381 e. The van der Waals surface area contributed by atoms with Crippen LogP contribution in [-0.4, -0.2) is 48.0 Å². The first-order valence-electron chi connectivity index (χ1n) is 7.35. The number of carbonyl (C=O) groups is 4. The summed E-state index contributed by atoms with van der Waals surface area (Å²) in [5.74, 6) is -0.814. The molecule has 1 aliphatic rings. The molecule has 0 radical (unpaired) electrons. The molecule has 0 aliphatic carbocycles. The lowest BCUT2D eigenvalue weighted by Gasteiger charge is -2.13. The third-order valence-corrected chi connectivity index (χ3v) is 3.37. The molecule has 2 amide bonds. The van der Waals surface area contributed by atoms with E-state index in [1.165, 1.54) is 0 Å². The van der Waals surface area contributed by atoms with E-state index >= 15 is 0 Å². The minimum Gasteiger partial charge on any atom is -0.381 e. The number of carbonyl (C=O) groups excluding carboxylic acids is 4. The zero-order chi connectivity index (χ0) is 15.8. The van der Waals surface area contributed by atoms with Gasteiger partial charge in [-0.05, 0) is 19.8 Å². The van der Waals surface area contributed by atoms with Gasteiger partial charge in [-0.3, -0.25) is 19.3 Å². The molecule has 0 N–H and O–H groups in total. The smallest absolute Gasteiger partial charge is 0.232 e. The van der Waals surface area contributed by atoms with E-state index < -0.39 is 0 Å². The number of nitrogens with zero attached hydrogens (tertiary/aromatic N) is 1. The van der Waals surface area contributed by atoms with Crippen LogP contribution in [0.25, 0.3) is 0 Å². The van der Waals surface area contributed by atoms with Crippen molar-refractivity contribution < 1.29 is 23.9 Å². The van der Waals surface area contributed by atoms with Gasteiger partial charge in [0.25, 0.3) is 0 Å². The van der Waals surface area contributed by atoms with Gasteiger partial charge in [0.05, 0.1) is 6.54 Å². The standard InChI is InChI=1S/C15H23NO5/c1-11-9-14(19)16(15(11)20)10-13(18)6-4-8-21-7-3-5-12(2)17/h11H,3-10H2,1-2H3. The first kappa shape index (κ1) is 17.5. The van der Waals surface area contributed by atoms with Crippen molar-refractivity contribution in [3.63, 3.8) is 0 Å². The van der Waals surface area contributed by atoms with Crippen LogP contribution in [0.2, 0.25) is 0 Å². The van der Waals surface area contributed by atoms with Gasteiger partial charge in [-0.25, -0.2) is 0 Å². The van der Waals surface area contributed by atoms with Crippen molar-refractivity contribution in [2.75, 3.05) is 19.8 Å². The molecule has 1 fully saturated rings. The Bertz CT molecular complexity index is 418. The highest BCUT2D eigenvalue weighted by Gasteiger charge is 2.36. The third kappa shape index (κ3) is 6.16. The fourth-order valence-electron chi connectivity index (χ4n) is 2.17. The second-order valence-corrected chi connectivity index (χ2v) is 5.48. The molecule has 0 aromatic rings. The maximum Gasteiger partial charge on any atom is 0.232 e. The van der Waals surface area contributed by atoms with Crippen LogP contribution >= 0.6 is 0 Å². The second-order valence-electron chi connectivity index (χ2n) is 5.48. The van der Waals surface area contributed by atoms with Crippen molar-refractivity contribution in [1.82, 2.24) is 4.90 Å². The Labute approximate surface area is 124 Å². The summed E-state index contributed by atoms with van der Waals surface area (Å²) in [6.45, 7) is 4.07. The minimum atomic E-state index is -0.310. The molecule has 0 aromatic carbocycles. The average molecular weight is 297 g/mol. The van der Waals surface area contributed by atoms with Crippen molar-refractivity contribution in [2.24, 2.45) is 5.92 Å². The van der Waals surface area contributed by atoms with Gasteiger partial charge in [0.15, 0.2) is 5.78 Å². The normalized spacial score (nSPS) is 18.4. The lowest BCUT2D eigenvalue weighted by molar-refractivity contribution is -0.142. The van der Waals surface area contributed by atoms with E-state index in [0.29, 0.717) is 32.5 Å². The molecule has 0 spiro atoms. The highest BCUT2D eigenvalue weighted by atomic mass is 16.5. The van der Waals surface area contributed by atoms with E-state index in [1.807, 2.05) is 0 Å². The predicted octanol–water partition coefficient (Wildman–Crippen LogP) is 1.12. The summed E-state index contributed by atoms with van der Waals surface area (Å²) in [7, 11) is 0. The molecule has 0 aromatic heterocycles. The Balaban J connectivity index is 2.10. The molecule has 6 nitrogen and oxygen atoms in total. The Morgan fingerprint density at radius 1 is 1.19 bits per heavy atom. The van der Waals surface area contributed by atoms with Crippen molar-refractivity contribution >= 4 is 23.4 Å². The molecule has 21 heavy (non-hydrogen) atoms. The summed E-state index contributed by atoms with van der Waals surface area (Å²) in [4.78, 5) is 46.7. The van der Waals surface area contributed by atoms with E-state index in [4.69, 9.17) is 4.74 Å². The number of hydrogen-bond donors (Lipinski definition) is 0. The van der Waals surface area contributed by atoms with Crippen LogP contribution in [0.15, 0.2) is 0 Å². The molecule has 0 bridgehead atoms. The van der Waals surface area contributed by atoms with Crippen molar-refractivity contribution in [3.8, 4) is 0 Å². The van der Waals surface area contributed by atoms with Crippen LogP contribution in [-0.2, 0) is 23.9 Å². The van der Waals surface area contributed by atoms with Crippen molar-refractivity contribution in [2.45, 2.75) is 46.0 Å². The Morgan fingerprint density at radius 2 is 1.81 bits per heavy atom. The summed E-state index contributed by atoms with van der Waals surface area (Å²) in [6.07, 6.45) is 2.25.